The van der Waals surface area contributed by atoms with Gasteiger partial charge in [0.05, 0.1) is 19.9 Å². The first-order chi connectivity index (χ1) is 15.6. The lowest BCUT2D eigenvalue weighted by Gasteiger charge is -2.12. The van der Waals surface area contributed by atoms with Gasteiger partial charge in [-0.05, 0) is 48.9 Å². The smallest absolute Gasteiger partial charge is 0.274 e. The summed E-state index contributed by atoms with van der Waals surface area (Å²) < 4.78 is 12.4. The highest BCUT2D eigenvalue weighted by Gasteiger charge is 2.23. The van der Waals surface area contributed by atoms with E-state index in [-0.39, 0.29) is 18.1 Å². The van der Waals surface area contributed by atoms with Gasteiger partial charge in [-0.3, -0.25) is 9.78 Å². The van der Waals surface area contributed by atoms with Crippen LogP contribution in [0.4, 0.5) is 0 Å². The van der Waals surface area contributed by atoms with Gasteiger partial charge in [0, 0.05) is 30.1 Å². The van der Waals surface area contributed by atoms with E-state index in [9.17, 15) is 4.79 Å². The molecule has 2 heterocycles. The van der Waals surface area contributed by atoms with Crippen LogP contribution in [-0.4, -0.2) is 40.1 Å². The molecule has 2 aromatic heterocycles. The highest BCUT2D eigenvalue weighted by atomic mass is 16.5. The summed E-state index contributed by atoms with van der Waals surface area (Å²) in [6, 6.07) is 16.9. The Kier molecular flexibility index (Phi) is 6.12. The lowest BCUT2D eigenvalue weighted by molar-refractivity contribution is 0.0946. The predicted octanol–water partition coefficient (Wildman–Crippen LogP) is 3.58. The number of aromatic nitrogens is 4. The third-order valence-electron chi connectivity index (χ3n) is 5.11. The van der Waals surface area contributed by atoms with E-state index < -0.39 is 0 Å². The number of hydrogen-bond acceptors (Lipinski definition) is 6. The number of ether oxygens (including phenoxy) is 2. The van der Waals surface area contributed by atoms with Crippen molar-refractivity contribution in [2.24, 2.45) is 0 Å². The standard InChI is InChI=1S/C24H23N5O3/c1-16-6-4-5-7-20(16)29-23(17-10-12-25-13-11-17)22(27-28-29)24(30)26-15-18-14-19(31-2)8-9-21(18)32-3/h4-14H,15H2,1-3H3,(H,26,30). The minimum absolute atomic E-state index is 0.223. The van der Waals surface area contributed by atoms with Gasteiger partial charge < -0.3 is 14.8 Å². The summed E-state index contributed by atoms with van der Waals surface area (Å²) in [4.78, 5) is 17.3. The highest BCUT2D eigenvalue weighted by Crippen LogP contribution is 2.27. The molecule has 2 aromatic carbocycles. The summed E-state index contributed by atoms with van der Waals surface area (Å²) in [6.45, 7) is 2.23. The minimum Gasteiger partial charge on any atom is -0.497 e. The molecule has 0 fully saturated rings. The summed E-state index contributed by atoms with van der Waals surface area (Å²) in [5.74, 6) is 0.989. The average Bonchev–Trinajstić information content (AvgIpc) is 3.28. The van der Waals surface area contributed by atoms with Gasteiger partial charge in [0.1, 0.15) is 17.2 Å². The number of nitrogens with zero attached hydrogens (tertiary/aromatic N) is 4. The molecule has 0 aliphatic carbocycles. The van der Waals surface area contributed by atoms with E-state index in [2.05, 4.69) is 20.6 Å². The molecule has 4 rings (SSSR count). The number of aryl methyl sites for hydroxylation is 1. The van der Waals surface area contributed by atoms with Crippen LogP contribution in [0.2, 0.25) is 0 Å². The lowest BCUT2D eigenvalue weighted by Crippen LogP contribution is -2.24. The molecule has 8 nitrogen and oxygen atoms in total. The van der Waals surface area contributed by atoms with Crippen molar-refractivity contribution >= 4 is 5.91 Å². The Morgan fingerprint density at radius 2 is 1.81 bits per heavy atom. The van der Waals surface area contributed by atoms with Crippen molar-refractivity contribution in [2.45, 2.75) is 13.5 Å². The Morgan fingerprint density at radius 3 is 2.53 bits per heavy atom. The predicted molar refractivity (Wildman–Crippen MR) is 120 cm³/mol. The van der Waals surface area contributed by atoms with Crippen LogP contribution in [0, 0.1) is 6.92 Å². The quantitative estimate of drug-likeness (QED) is 0.483. The van der Waals surface area contributed by atoms with E-state index in [1.165, 1.54) is 0 Å². The summed E-state index contributed by atoms with van der Waals surface area (Å²) in [6.07, 6.45) is 3.35. The number of benzene rings is 2. The normalized spacial score (nSPS) is 10.6. The monoisotopic (exact) mass is 429 g/mol. The first-order valence-corrected chi connectivity index (χ1v) is 10.0. The van der Waals surface area contributed by atoms with Gasteiger partial charge in [0.15, 0.2) is 5.69 Å². The van der Waals surface area contributed by atoms with Gasteiger partial charge >= 0.3 is 0 Å². The first kappa shape index (κ1) is 21.0. The number of carbonyl (C=O) groups excluding carboxylic acids is 1. The van der Waals surface area contributed by atoms with Crippen molar-refractivity contribution in [1.29, 1.82) is 0 Å². The van der Waals surface area contributed by atoms with Gasteiger partial charge in [-0.2, -0.15) is 0 Å². The zero-order chi connectivity index (χ0) is 22.5. The third kappa shape index (κ3) is 4.15. The molecule has 0 radical (unpaired) electrons. The van der Waals surface area contributed by atoms with E-state index >= 15 is 0 Å². The molecule has 0 spiro atoms. The van der Waals surface area contributed by atoms with E-state index in [4.69, 9.17) is 9.47 Å². The van der Waals surface area contributed by atoms with Crippen LogP contribution in [0.25, 0.3) is 16.9 Å². The number of nitrogens with one attached hydrogen (secondary N) is 1. The summed E-state index contributed by atoms with van der Waals surface area (Å²) >= 11 is 0. The molecule has 0 aliphatic heterocycles. The van der Waals surface area contributed by atoms with Crippen LogP contribution in [-0.2, 0) is 6.54 Å². The van der Waals surface area contributed by atoms with E-state index in [1.54, 1.807) is 43.4 Å². The number of hydrogen-bond donors (Lipinski definition) is 1. The van der Waals surface area contributed by atoms with Crippen molar-refractivity contribution in [3.63, 3.8) is 0 Å². The van der Waals surface area contributed by atoms with E-state index in [0.717, 1.165) is 22.4 Å². The number of methoxy groups -OCH3 is 2. The van der Waals surface area contributed by atoms with Gasteiger partial charge in [-0.1, -0.05) is 23.4 Å². The van der Waals surface area contributed by atoms with Gasteiger partial charge in [-0.25, -0.2) is 4.68 Å². The molecule has 4 aromatic rings. The maximum absolute atomic E-state index is 13.2. The maximum atomic E-state index is 13.2. The third-order valence-corrected chi connectivity index (χ3v) is 5.11. The Balaban J connectivity index is 1.70. The fourth-order valence-electron chi connectivity index (χ4n) is 3.45. The molecule has 0 aliphatic rings. The van der Waals surface area contributed by atoms with Crippen LogP contribution >= 0.6 is 0 Å². The molecule has 0 bridgehead atoms. The van der Waals surface area contributed by atoms with Crippen LogP contribution in [0.15, 0.2) is 67.0 Å². The molecule has 0 saturated heterocycles. The van der Waals surface area contributed by atoms with E-state index in [0.29, 0.717) is 17.2 Å². The van der Waals surface area contributed by atoms with E-state index in [1.807, 2.05) is 49.4 Å². The number of para-hydroxylation sites is 1. The number of carbonyl (C=O) groups is 1. The number of rotatable bonds is 7. The van der Waals surface area contributed by atoms with Crippen molar-refractivity contribution in [2.75, 3.05) is 14.2 Å². The average molecular weight is 429 g/mol. The molecule has 8 heteroatoms. The zero-order valence-electron chi connectivity index (χ0n) is 18.1. The number of pyridine rings is 1. The largest absolute Gasteiger partial charge is 0.497 e. The second-order valence-corrected chi connectivity index (χ2v) is 7.08. The first-order valence-electron chi connectivity index (χ1n) is 10.0. The number of amides is 1. The Labute approximate surface area is 185 Å². The molecule has 0 saturated carbocycles. The topological polar surface area (TPSA) is 91.2 Å². The Hall–Kier alpha value is -4.20. The van der Waals surface area contributed by atoms with Gasteiger partial charge in [0.25, 0.3) is 5.91 Å². The molecule has 1 N–H and O–H groups in total. The molecular formula is C24H23N5O3. The molecule has 1 amide bonds. The molecule has 0 atom stereocenters. The fraction of sp³-hybridized carbons (Fsp3) is 0.167. The van der Waals surface area contributed by atoms with Crippen molar-refractivity contribution < 1.29 is 14.3 Å². The maximum Gasteiger partial charge on any atom is 0.274 e. The minimum atomic E-state index is -0.346. The Bertz CT molecular complexity index is 1240. The lowest BCUT2D eigenvalue weighted by atomic mass is 10.1. The Morgan fingerprint density at radius 1 is 1.03 bits per heavy atom. The molecular weight excluding hydrogens is 406 g/mol. The van der Waals surface area contributed by atoms with Crippen molar-refractivity contribution in [3.8, 4) is 28.4 Å². The summed E-state index contributed by atoms with van der Waals surface area (Å²) in [5.41, 5.74) is 4.26. The fourth-order valence-corrected chi connectivity index (χ4v) is 3.45. The second kappa shape index (κ2) is 9.30. The van der Waals surface area contributed by atoms with Crippen LogP contribution in [0.1, 0.15) is 21.6 Å². The summed E-state index contributed by atoms with van der Waals surface area (Å²) in [7, 11) is 3.18. The van der Waals surface area contributed by atoms with Crippen molar-refractivity contribution in [1.82, 2.24) is 25.3 Å². The van der Waals surface area contributed by atoms with Crippen LogP contribution in [0.3, 0.4) is 0 Å². The SMILES string of the molecule is COc1ccc(OC)c(CNC(=O)c2nnn(-c3ccccc3C)c2-c2ccncc2)c1. The zero-order valence-corrected chi connectivity index (χ0v) is 18.1. The highest BCUT2D eigenvalue weighted by molar-refractivity contribution is 5.98. The van der Waals surface area contributed by atoms with Crippen molar-refractivity contribution in [3.05, 3.63) is 83.8 Å². The summed E-state index contributed by atoms with van der Waals surface area (Å²) in [5, 5.41) is 11.4. The second-order valence-electron chi connectivity index (χ2n) is 7.08. The molecule has 0 unspecified atom stereocenters. The van der Waals surface area contributed by atoms with Gasteiger partial charge in [0.2, 0.25) is 0 Å². The molecule has 162 valence electrons. The molecule has 32 heavy (non-hydrogen) atoms. The van der Waals surface area contributed by atoms with Crippen LogP contribution < -0.4 is 14.8 Å². The van der Waals surface area contributed by atoms with Crippen LogP contribution in [0.5, 0.6) is 11.5 Å². The van der Waals surface area contributed by atoms with Gasteiger partial charge in [-0.15, -0.1) is 5.10 Å².